The normalized spacial score (nSPS) is 23.0. The first-order valence-electron chi connectivity index (χ1n) is 9.11. The highest BCUT2D eigenvalue weighted by molar-refractivity contribution is 5.76. The molecule has 0 aromatic rings. The molecule has 1 saturated carbocycles. The number of nitrogens with one attached hydrogen (secondary N) is 1. The van der Waals surface area contributed by atoms with E-state index in [0.717, 1.165) is 37.9 Å². The van der Waals surface area contributed by atoms with Crippen LogP contribution in [0.4, 0.5) is 0 Å². The van der Waals surface area contributed by atoms with Crippen molar-refractivity contribution in [2.45, 2.75) is 64.7 Å². The highest BCUT2D eigenvalue weighted by atomic mass is 16.2. The smallest absolute Gasteiger partial charge is 0.222 e. The van der Waals surface area contributed by atoms with Crippen LogP contribution in [0.1, 0.15) is 64.7 Å². The lowest BCUT2D eigenvalue weighted by Gasteiger charge is -2.30. The summed E-state index contributed by atoms with van der Waals surface area (Å²) in [5.74, 6) is 2.51. The molecule has 122 valence electrons. The molecule has 2 fully saturated rings. The first-order chi connectivity index (χ1) is 10.2. The van der Waals surface area contributed by atoms with Crippen LogP contribution in [0, 0.1) is 17.8 Å². The fraction of sp³-hybridized carbons (Fsp3) is 0.944. The second kappa shape index (κ2) is 8.77. The Kier molecular flexibility index (Phi) is 7.01. The van der Waals surface area contributed by atoms with Crippen LogP contribution in [0.2, 0.25) is 0 Å². The topological polar surface area (TPSA) is 32.3 Å². The van der Waals surface area contributed by atoms with Gasteiger partial charge in [0.15, 0.2) is 0 Å². The Hall–Kier alpha value is -0.570. The molecule has 0 bridgehead atoms. The average molecular weight is 294 g/mol. The number of carbonyl (C=O) groups excluding carboxylic acids is 1. The van der Waals surface area contributed by atoms with E-state index in [1.54, 1.807) is 0 Å². The van der Waals surface area contributed by atoms with Crippen molar-refractivity contribution in [2.75, 3.05) is 26.7 Å². The van der Waals surface area contributed by atoms with Crippen LogP contribution in [0.15, 0.2) is 0 Å². The van der Waals surface area contributed by atoms with Gasteiger partial charge in [-0.2, -0.15) is 0 Å². The summed E-state index contributed by atoms with van der Waals surface area (Å²) in [6, 6.07) is 0. The highest BCUT2D eigenvalue weighted by Crippen LogP contribution is 2.27. The van der Waals surface area contributed by atoms with Gasteiger partial charge in [-0.15, -0.1) is 0 Å². The molecule has 1 amide bonds. The van der Waals surface area contributed by atoms with Crippen molar-refractivity contribution in [1.82, 2.24) is 10.2 Å². The van der Waals surface area contributed by atoms with E-state index in [2.05, 4.69) is 12.2 Å². The molecule has 1 atom stereocenters. The Labute approximate surface area is 130 Å². The predicted octanol–water partition coefficient (Wildman–Crippen LogP) is 3.44. The number of hydrogen-bond donors (Lipinski definition) is 1. The summed E-state index contributed by atoms with van der Waals surface area (Å²) in [7, 11) is 2.00. The van der Waals surface area contributed by atoms with Gasteiger partial charge >= 0.3 is 0 Å². The van der Waals surface area contributed by atoms with Crippen LogP contribution in [0.5, 0.6) is 0 Å². The molecule has 2 rings (SSSR count). The van der Waals surface area contributed by atoms with Gasteiger partial charge in [0.2, 0.25) is 5.91 Å². The van der Waals surface area contributed by atoms with Crippen LogP contribution < -0.4 is 5.32 Å². The molecule has 0 radical (unpaired) electrons. The molecule has 3 nitrogen and oxygen atoms in total. The summed E-state index contributed by atoms with van der Waals surface area (Å²) in [6.07, 6.45) is 11.4. The molecule has 21 heavy (non-hydrogen) atoms. The molecular formula is C18H34N2O. The third-order valence-electron chi connectivity index (χ3n) is 5.71. The average Bonchev–Trinajstić information content (AvgIpc) is 2.54. The molecule has 1 saturated heterocycles. The Bertz CT molecular complexity index is 306. The third-order valence-corrected chi connectivity index (χ3v) is 5.71. The highest BCUT2D eigenvalue weighted by Gasteiger charge is 2.23. The van der Waals surface area contributed by atoms with Gasteiger partial charge in [0.1, 0.15) is 0 Å². The molecule has 1 aliphatic heterocycles. The Morgan fingerprint density at radius 3 is 2.48 bits per heavy atom. The molecule has 3 heteroatoms. The number of rotatable bonds is 6. The van der Waals surface area contributed by atoms with Crippen molar-refractivity contribution in [2.24, 2.45) is 17.8 Å². The van der Waals surface area contributed by atoms with E-state index in [-0.39, 0.29) is 0 Å². The number of hydrogen-bond acceptors (Lipinski definition) is 2. The van der Waals surface area contributed by atoms with Gasteiger partial charge in [-0.1, -0.05) is 39.0 Å². The van der Waals surface area contributed by atoms with E-state index in [1.807, 2.05) is 11.9 Å². The van der Waals surface area contributed by atoms with Gasteiger partial charge in [-0.25, -0.2) is 0 Å². The number of amides is 1. The van der Waals surface area contributed by atoms with Gasteiger partial charge in [-0.3, -0.25) is 4.79 Å². The van der Waals surface area contributed by atoms with E-state index in [0.29, 0.717) is 11.8 Å². The minimum atomic E-state index is 0.358. The molecule has 1 unspecified atom stereocenters. The minimum Gasteiger partial charge on any atom is -0.346 e. The van der Waals surface area contributed by atoms with E-state index in [9.17, 15) is 4.79 Å². The zero-order valence-electron chi connectivity index (χ0n) is 14.1. The summed E-state index contributed by atoms with van der Waals surface area (Å²) < 4.78 is 0. The minimum absolute atomic E-state index is 0.358. The molecule has 2 aliphatic rings. The SMILES string of the molecule is CC(CC(=O)N(C)CCC1CCCCC1)C1CCNCC1. The van der Waals surface area contributed by atoms with Gasteiger partial charge in [0, 0.05) is 20.0 Å². The summed E-state index contributed by atoms with van der Waals surface area (Å²) in [5, 5.41) is 3.41. The van der Waals surface area contributed by atoms with Crippen molar-refractivity contribution in [3.8, 4) is 0 Å². The first kappa shape index (κ1) is 16.8. The summed E-state index contributed by atoms with van der Waals surface area (Å²) >= 11 is 0. The van der Waals surface area contributed by atoms with Crippen molar-refractivity contribution >= 4 is 5.91 Å². The van der Waals surface area contributed by atoms with Crippen LogP contribution in [-0.4, -0.2) is 37.5 Å². The van der Waals surface area contributed by atoms with E-state index >= 15 is 0 Å². The lowest BCUT2D eigenvalue weighted by molar-refractivity contribution is -0.131. The molecule has 1 heterocycles. The molecule has 1 aliphatic carbocycles. The van der Waals surface area contributed by atoms with E-state index < -0.39 is 0 Å². The van der Waals surface area contributed by atoms with Gasteiger partial charge in [0.25, 0.3) is 0 Å². The largest absolute Gasteiger partial charge is 0.346 e. The molecular weight excluding hydrogens is 260 g/mol. The summed E-state index contributed by atoms with van der Waals surface area (Å²) in [5.41, 5.74) is 0. The van der Waals surface area contributed by atoms with Crippen LogP contribution >= 0.6 is 0 Å². The number of piperidine rings is 1. The standard InChI is InChI=1S/C18H34N2O/c1-15(17-8-11-19-12-9-17)14-18(21)20(2)13-10-16-6-4-3-5-7-16/h15-17,19H,3-14H2,1-2H3. The van der Waals surface area contributed by atoms with Crippen molar-refractivity contribution < 1.29 is 4.79 Å². The second-order valence-corrected chi connectivity index (χ2v) is 7.38. The van der Waals surface area contributed by atoms with Crippen LogP contribution in [0.25, 0.3) is 0 Å². The lowest BCUT2D eigenvalue weighted by atomic mass is 9.84. The second-order valence-electron chi connectivity index (χ2n) is 7.38. The zero-order chi connectivity index (χ0) is 15.1. The van der Waals surface area contributed by atoms with E-state index in [4.69, 9.17) is 0 Å². The number of nitrogens with zero attached hydrogens (tertiary/aromatic N) is 1. The quantitative estimate of drug-likeness (QED) is 0.814. The first-order valence-corrected chi connectivity index (χ1v) is 9.11. The van der Waals surface area contributed by atoms with Crippen LogP contribution in [0.3, 0.4) is 0 Å². The van der Waals surface area contributed by atoms with E-state index in [1.165, 1.54) is 51.4 Å². The van der Waals surface area contributed by atoms with Crippen molar-refractivity contribution in [3.05, 3.63) is 0 Å². The molecule has 0 aromatic carbocycles. The maximum atomic E-state index is 12.4. The molecule has 0 spiro atoms. The zero-order valence-corrected chi connectivity index (χ0v) is 14.1. The van der Waals surface area contributed by atoms with Crippen LogP contribution in [-0.2, 0) is 4.79 Å². The fourth-order valence-corrected chi connectivity index (χ4v) is 3.99. The maximum absolute atomic E-state index is 12.4. The fourth-order valence-electron chi connectivity index (χ4n) is 3.99. The van der Waals surface area contributed by atoms with Crippen molar-refractivity contribution in [1.29, 1.82) is 0 Å². The Balaban J connectivity index is 1.66. The Morgan fingerprint density at radius 2 is 1.81 bits per heavy atom. The molecule has 0 aromatic heterocycles. The van der Waals surface area contributed by atoms with Gasteiger partial charge in [0.05, 0.1) is 0 Å². The maximum Gasteiger partial charge on any atom is 0.222 e. The number of carbonyl (C=O) groups is 1. The summed E-state index contributed by atoms with van der Waals surface area (Å²) in [6.45, 7) is 5.48. The van der Waals surface area contributed by atoms with Gasteiger partial charge < -0.3 is 10.2 Å². The lowest BCUT2D eigenvalue weighted by Crippen LogP contribution is -2.35. The predicted molar refractivity (Wildman–Crippen MR) is 88.2 cm³/mol. The van der Waals surface area contributed by atoms with Crippen molar-refractivity contribution in [3.63, 3.8) is 0 Å². The summed E-state index contributed by atoms with van der Waals surface area (Å²) in [4.78, 5) is 14.4. The monoisotopic (exact) mass is 294 g/mol. The molecule has 1 N–H and O–H groups in total. The third kappa shape index (κ3) is 5.61. The van der Waals surface area contributed by atoms with Gasteiger partial charge in [-0.05, 0) is 50.1 Å². The Morgan fingerprint density at radius 1 is 1.14 bits per heavy atom.